The number of amides is 1. The van der Waals surface area contributed by atoms with Crippen LogP contribution in [-0.4, -0.2) is 12.5 Å². The second-order valence-corrected chi connectivity index (χ2v) is 5.37. The molecule has 2 fully saturated rings. The second-order valence-electron chi connectivity index (χ2n) is 5.37. The average molecular weight is 209 g/mol. The summed E-state index contributed by atoms with van der Waals surface area (Å²) in [5, 5.41) is 2.95. The van der Waals surface area contributed by atoms with Crippen molar-refractivity contribution < 1.29 is 4.79 Å². The number of carbonyl (C=O) groups excluding carboxylic acids is 1. The Balaban J connectivity index is 1.87. The maximum Gasteiger partial charge on any atom is 0.223 e. The molecule has 0 spiro atoms. The molecule has 2 saturated carbocycles. The van der Waals surface area contributed by atoms with Gasteiger partial charge in [-0.1, -0.05) is 26.2 Å². The minimum absolute atomic E-state index is 0.232. The Labute approximate surface area is 92.8 Å². The Kier molecular flexibility index (Phi) is 3.32. The van der Waals surface area contributed by atoms with Gasteiger partial charge >= 0.3 is 0 Å². The van der Waals surface area contributed by atoms with Crippen LogP contribution in [0.3, 0.4) is 0 Å². The topological polar surface area (TPSA) is 29.1 Å². The molecule has 2 rings (SSSR count). The van der Waals surface area contributed by atoms with Gasteiger partial charge in [0.1, 0.15) is 0 Å². The van der Waals surface area contributed by atoms with Crippen molar-refractivity contribution in [3.05, 3.63) is 0 Å². The number of hydrogen-bond acceptors (Lipinski definition) is 1. The molecule has 0 heterocycles. The van der Waals surface area contributed by atoms with Crippen molar-refractivity contribution in [2.24, 2.45) is 23.7 Å². The monoisotopic (exact) mass is 209 g/mol. The van der Waals surface area contributed by atoms with E-state index >= 15 is 0 Å². The highest BCUT2D eigenvalue weighted by Crippen LogP contribution is 2.48. The molecule has 2 aliphatic rings. The van der Waals surface area contributed by atoms with E-state index in [0.29, 0.717) is 5.92 Å². The first-order valence-corrected chi connectivity index (χ1v) is 6.50. The molecule has 2 nitrogen and oxygen atoms in total. The molecule has 2 unspecified atom stereocenters. The largest absolute Gasteiger partial charge is 0.356 e. The van der Waals surface area contributed by atoms with Gasteiger partial charge in [-0.05, 0) is 37.5 Å². The van der Waals surface area contributed by atoms with Crippen LogP contribution in [0.15, 0.2) is 0 Å². The van der Waals surface area contributed by atoms with E-state index in [2.05, 4.69) is 12.2 Å². The fourth-order valence-corrected chi connectivity index (χ4v) is 3.57. The van der Waals surface area contributed by atoms with Crippen LogP contribution in [0.25, 0.3) is 0 Å². The van der Waals surface area contributed by atoms with Gasteiger partial charge in [0.05, 0.1) is 0 Å². The zero-order chi connectivity index (χ0) is 10.8. The lowest BCUT2D eigenvalue weighted by molar-refractivity contribution is -0.125. The van der Waals surface area contributed by atoms with E-state index in [4.69, 9.17) is 0 Å². The SMILES string of the molecule is CCNC(=O)[C@@H](C)C1CC2CCCC2C1. The van der Waals surface area contributed by atoms with Crippen molar-refractivity contribution in [1.29, 1.82) is 0 Å². The predicted octanol–water partition coefficient (Wildman–Crippen LogP) is 2.58. The zero-order valence-electron chi connectivity index (χ0n) is 9.96. The molecular formula is C13H23NO. The Morgan fingerprint density at radius 2 is 1.93 bits per heavy atom. The van der Waals surface area contributed by atoms with Gasteiger partial charge in [-0.2, -0.15) is 0 Å². The third-order valence-corrected chi connectivity index (χ3v) is 4.50. The number of rotatable bonds is 3. The van der Waals surface area contributed by atoms with Gasteiger partial charge < -0.3 is 5.32 Å². The van der Waals surface area contributed by atoms with Crippen LogP contribution in [0.1, 0.15) is 46.0 Å². The summed E-state index contributed by atoms with van der Waals surface area (Å²) in [5.41, 5.74) is 0. The molecule has 0 aromatic carbocycles. The first-order chi connectivity index (χ1) is 7.22. The predicted molar refractivity (Wildman–Crippen MR) is 61.4 cm³/mol. The van der Waals surface area contributed by atoms with E-state index in [1.165, 1.54) is 32.1 Å². The van der Waals surface area contributed by atoms with Gasteiger partial charge in [0.15, 0.2) is 0 Å². The van der Waals surface area contributed by atoms with Crippen LogP contribution in [0.2, 0.25) is 0 Å². The minimum Gasteiger partial charge on any atom is -0.356 e. The van der Waals surface area contributed by atoms with Gasteiger partial charge in [0.25, 0.3) is 0 Å². The molecule has 15 heavy (non-hydrogen) atoms. The van der Waals surface area contributed by atoms with Crippen molar-refractivity contribution in [3.63, 3.8) is 0 Å². The summed E-state index contributed by atoms with van der Waals surface area (Å²) in [7, 11) is 0. The van der Waals surface area contributed by atoms with Crippen molar-refractivity contribution in [1.82, 2.24) is 5.32 Å². The third kappa shape index (κ3) is 2.19. The summed E-state index contributed by atoms with van der Waals surface area (Å²) in [6.07, 6.45) is 6.89. The van der Waals surface area contributed by atoms with E-state index in [0.717, 1.165) is 18.4 Å². The van der Waals surface area contributed by atoms with Crippen molar-refractivity contribution in [2.75, 3.05) is 6.54 Å². The van der Waals surface area contributed by atoms with Gasteiger partial charge in [-0.3, -0.25) is 4.79 Å². The van der Waals surface area contributed by atoms with Gasteiger partial charge in [0, 0.05) is 12.5 Å². The van der Waals surface area contributed by atoms with Gasteiger partial charge in [-0.15, -0.1) is 0 Å². The standard InChI is InChI=1S/C13H23NO/c1-3-14-13(15)9(2)12-7-10-5-4-6-11(10)8-12/h9-12H,3-8H2,1-2H3,(H,14,15)/t9-,10?,11?,12?/m0/s1. The maximum atomic E-state index is 11.7. The van der Waals surface area contributed by atoms with E-state index in [1.54, 1.807) is 0 Å². The molecule has 86 valence electrons. The Bertz CT molecular complexity index is 227. The summed E-state index contributed by atoms with van der Waals surface area (Å²) in [4.78, 5) is 11.7. The van der Waals surface area contributed by atoms with Gasteiger partial charge in [0.2, 0.25) is 5.91 Å². The first-order valence-electron chi connectivity index (χ1n) is 6.50. The lowest BCUT2D eigenvalue weighted by Crippen LogP contribution is -2.32. The van der Waals surface area contributed by atoms with Gasteiger partial charge in [-0.25, -0.2) is 0 Å². The summed E-state index contributed by atoms with van der Waals surface area (Å²) in [5.74, 6) is 3.06. The quantitative estimate of drug-likeness (QED) is 0.760. The zero-order valence-corrected chi connectivity index (χ0v) is 9.96. The van der Waals surface area contributed by atoms with Crippen molar-refractivity contribution >= 4 is 5.91 Å². The Morgan fingerprint density at radius 1 is 1.33 bits per heavy atom. The molecule has 1 N–H and O–H groups in total. The van der Waals surface area contributed by atoms with Crippen molar-refractivity contribution in [3.8, 4) is 0 Å². The van der Waals surface area contributed by atoms with Crippen LogP contribution < -0.4 is 5.32 Å². The number of hydrogen-bond donors (Lipinski definition) is 1. The molecule has 2 heteroatoms. The van der Waals surface area contributed by atoms with Crippen LogP contribution in [-0.2, 0) is 4.79 Å². The van der Waals surface area contributed by atoms with Crippen molar-refractivity contribution in [2.45, 2.75) is 46.0 Å². The minimum atomic E-state index is 0.232. The fraction of sp³-hybridized carbons (Fsp3) is 0.923. The summed E-state index contributed by atoms with van der Waals surface area (Å²) >= 11 is 0. The maximum absolute atomic E-state index is 11.7. The lowest BCUT2D eigenvalue weighted by atomic mass is 9.89. The molecule has 0 bridgehead atoms. The van der Waals surface area contributed by atoms with E-state index in [9.17, 15) is 4.79 Å². The molecule has 0 saturated heterocycles. The molecule has 0 aliphatic heterocycles. The van der Waals surface area contributed by atoms with Crippen LogP contribution in [0.4, 0.5) is 0 Å². The van der Waals surface area contributed by atoms with Crippen LogP contribution in [0.5, 0.6) is 0 Å². The second kappa shape index (κ2) is 4.54. The Hall–Kier alpha value is -0.530. The number of carbonyl (C=O) groups is 1. The molecule has 3 atom stereocenters. The number of nitrogens with one attached hydrogen (secondary N) is 1. The first kappa shape index (κ1) is 11.0. The van der Waals surface area contributed by atoms with E-state index in [1.807, 2.05) is 6.92 Å². The van der Waals surface area contributed by atoms with E-state index in [-0.39, 0.29) is 11.8 Å². The highest BCUT2D eigenvalue weighted by atomic mass is 16.1. The number of fused-ring (bicyclic) bond motifs is 1. The normalized spacial score (nSPS) is 36.3. The van der Waals surface area contributed by atoms with Crippen LogP contribution >= 0.6 is 0 Å². The fourth-order valence-electron chi connectivity index (χ4n) is 3.57. The molecule has 0 radical (unpaired) electrons. The van der Waals surface area contributed by atoms with Crippen LogP contribution in [0, 0.1) is 23.7 Å². The third-order valence-electron chi connectivity index (χ3n) is 4.50. The molecule has 2 aliphatic carbocycles. The Morgan fingerprint density at radius 3 is 2.47 bits per heavy atom. The molecule has 1 amide bonds. The summed E-state index contributed by atoms with van der Waals surface area (Å²) in [6, 6.07) is 0. The smallest absolute Gasteiger partial charge is 0.223 e. The molecule has 0 aromatic rings. The summed E-state index contributed by atoms with van der Waals surface area (Å²) < 4.78 is 0. The van der Waals surface area contributed by atoms with E-state index < -0.39 is 0 Å². The highest BCUT2D eigenvalue weighted by molar-refractivity contribution is 5.78. The lowest BCUT2D eigenvalue weighted by Gasteiger charge is -2.19. The average Bonchev–Trinajstić information content (AvgIpc) is 2.75. The molecule has 0 aromatic heterocycles. The summed E-state index contributed by atoms with van der Waals surface area (Å²) in [6.45, 7) is 4.87. The highest BCUT2D eigenvalue weighted by Gasteiger charge is 2.40. The molecular weight excluding hydrogens is 186 g/mol.